The second-order valence-electron chi connectivity index (χ2n) is 3.02. The Balaban J connectivity index is 2.49. The molecule has 1 aliphatic rings. The fourth-order valence-electron chi connectivity index (χ4n) is 1.40. The van der Waals surface area contributed by atoms with Gasteiger partial charge in [0, 0.05) is 25.7 Å². The highest BCUT2D eigenvalue weighted by atomic mass is 16.2. The van der Waals surface area contributed by atoms with E-state index in [1.54, 1.807) is 0 Å². The Morgan fingerprint density at radius 2 is 2.58 bits per heavy atom. The lowest BCUT2D eigenvalue weighted by Gasteiger charge is -2.33. The fourth-order valence-corrected chi connectivity index (χ4v) is 1.40. The zero-order valence-corrected chi connectivity index (χ0v) is 7.34. The van der Waals surface area contributed by atoms with E-state index in [-0.39, 0.29) is 18.4 Å². The van der Waals surface area contributed by atoms with Crippen LogP contribution < -0.4 is 5.32 Å². The predicted octanol–water partition coefficient (Wildman–Crippen LogP) is -0.170. The zero-order valence-electron chi connectivity index (χ0n) is 7.34. The van der Waals surface area contributed by atoms with Crippen molar-refractivity contribution in [3.63, 3.8) is 0 Å². The summed E-state index contributed by atoms with van der Waals surface area (Å²) in [5.74, 6) is 2.45. The number of piperazine rings is 1. The molecule has 66 valence electrons. The molecule has 1 fully saturated rings. The van der Waals surface area contributed by atoms with Crippen LogP contribution in [-0.4, -0.2) is 36.5 Å². The molecule has 0 aromatic heterocycles. The van der Waals surface area contributed by atoms with Gasteiger partial charge in [0.15, 0.2) is 0 Å². The van der Waals surface area contributed by atoms with Gasteiger partial charge in [-0.15, -0.1) is 6.42 Å². The van der Waals surface area contributed by atoms with Gasteiger partial charge in [0.05, 0.1) is 6.42 Å². The van der Waals surface area contributed by atoms with Crippen LogP contribution in [0, 0.1) is 12.3 Å². The molecule has 1 N–H and O–H groups in total. The van der Waals surface area contributed by atoms with E-state index in [4.69, 9.17) is 6.42 Å². The van der Waals surface area contributed by atoms with Crippen LogP contribution in [0.25, 0.3) is 0 Å². The summed E-state index contributed by atoms with van der Waals surface area (Å²) in [6.45, 7) is 4.55. The highest BCUT2D eigenvalue weighted by Crippen LogP contribution is 2.03. The second-order valence-corrected chi connectivity index (χ2v) is 3.02. The summed E-state index contributed by atoms with van der Waals surface area (Å²) in [7, 11) is 0. The Morgan fingerprint density at radius 3 is 3.17 bits per heavy atom. The molecule has 12 heavy (non-hydrogen) atoms. The maximum Gasteiger partial charge on any atom is 0.234 e. The predicted molar refractivity (Wildman–Crippen MR) is 47.5 cm³/mol. The number of rotatable bonds is 1. The summed E-state index contributed by atoms with van der Waals surface area (Å²) in [5, 5.41) is 3.22. The van der Waals surface area contributed by atoms with Crippen molar-refractivity contribution in [2.75, 3.05) is 19.6 Å². The molecule has 0 aliphatic carbocycles. The zero-order chi connectivity index (χ0) is 8.97. The summed E-state index contributed by atoms with van der Waals surface area (Å²) < 4.78 is 0. The quantitative estimate of drug-likeness (QED) is 0.548. The van der Waals surface area contributed by atoms with Crippen molar-refractivity contribution >= 4 is 5.91 Å². The lowest BCUT2D eigenvalue weighted by Crippen LogP contribution is -2.52. The molecular weight excluding hydrogens is 152 g/mol. The molecule has 1 aliphatic heterocycles. The van der Waals surface area contributed by atoms with Crippen molar-refractivity contribution in [3.05, 3.63) is 0 Å². The molecule has 0 unspecified atom stereocenters. The molecule has 1 saturated heterocycles. The van der Waals surface area contributed by atoms with Gasteiger partial charge in [-0.2, -0.15) is 0 Å². The Hall–Kier alpha value is -1.01. The molecule has 1 heterocycles. The van der Waals surface area contributed by atoms with Crippen molar-refractivity contribution in [3.8, 4) is 12.3 Å². The number of amides is 1. The molecule has 1 rings (SSSR count). The van der Waals surface area contributed by atoms with Gasteiger partial charge in [0.2, 0.25) is 5.91 Å². The number of hydrogen-bond acceptors (Lipinski definition) is 2. The summed E-state index contributed by atoms with van der Waals surface area (Å²) in [4.78, 5) is 13.2. The van der Waals surface area contributed by atoms with Gasteiger partial charge in [-0.25, -0.2) is 0 Å². The Bertz CT molecular complexity index is 207. The molecule has 0 aromatic carbocycles. The van der Waals surface area contributed by atoms with Gasteiger partial charge in [-0.05, 0) is 6.92 Å². The average molecular weight is 166 g/mol. The smallest absolute Gasteiger partial charge is 0.234 e. The number of hydrogen-bond donors (Lipinski definition) is 1. The van der Waals surface area contributed by atoms with Crippen LogP contribution in [0.15, 0.2) is 0 Å². The second kappa shape index (κ2) is 4.13. The van der Waals surface area contributed by atoms with E-state index in [2.05, 4.69) is 11.2 Å². The van der Waals surface area contributed by atoms with Crippen LogP contribution in [0.4, 0.5) is 0 Å². The summed E-state index contributed by atoms with van der Waals surface area (Å²) in [6, 6.07) is 0.277. The minimum absolute atomic E-state index is 0.0755. The maximum atomic E-state index is 11.4. The van der Waals surface area contributed by atoms with Gasteiger partial charge in [-0.1, -0.05) is 5.92 Å². The van der Waals surface area contributed by atoms with E-state index < -0.39 is 0 Å². The van der Waals surface area contributed by atoms with E-state index in [0.29, 0.717) is 0 Å². The lowest BCUT2D eigenvalue weighted by atomic mass is 10.2. The van der Waals surface area contributed by atoms with Crippen LogP contribution >= 0.6 is 0 Å². The minimum atomic E-state index is 0.0755. The van der Waals surface area contributed by atoms with E-state index in [1.165, 1.54) is 0 Å². The van der Waals surface area contributed by atoms with Gasteiger partial charge in [0.1, 0.15) is 0 Å². The summed E-state index contributed by atoms with van der Waals surface area (Å²) in [6.07, 6.45) is 5.29. The highest BCUT2D eigenvalue weighted by Gasteiger charge is 2.21. The third-order valence-corrected chi connectivity index (χ3v) is 2.07. The van der Waals surface area contributed by atoms with Gasteiger partial charge in [0.25, 0.3) is 0 Å². The molecule has 0 bridgehead atoms. The van der Waals surface area contributed by atoms with Crippen LogP contribution in [-0.2, 0) is 4.79 Å². The lowest BCUT2D eigenvalue weighted by molar-refractivity contribution is -0.132. The first-order valence-electron chi connectivity index (χ1n) is 4.19. The average Bonchev–Trinajstić information content (AvgIpc) is 2.05. The highest BCUT2D eigenvalue weighted by molar-refractivity contribution is 5.79. The Morgan fingerprint density at radius 1 is 1.83 bits per heavy atom. The molecule has 3 nitrogen and oxygen atoms in total. The van der Waals surface area contributed by atoms with Crippen LogP contribution in [0.2, 0.25) is 0 Å². The van der Waals surface area contributed by atoms with E-state index >= 15 is 0 Å². The molecule has 1 atom stereocenters. The summed E-state index contributed by atoms with van der Waals surface area (Å²) >= 11 is 0. The monoisotopic (exact) mass is 166 g/mol. The third kappa shape index (κ3) is 1.99. The molecule has 3 heteroatoms. The van der Waals surface area contributed by atoms with Gasteiger partial charge in [-0.3, -0.25) is 4.79 Å². The van der Waals surface area contributed by atoms with E-state index in [0.717, 1.165) is 19.6 Å². The summed E-state index contributed by atoms with van der Waals surface area (Å²) in [5.41, 5.74) is 0. The van der Waals surface area contributed by atoms with Crippen LogP contribution in [0.1, 0.15) is 13.3 Å². The molecule has 0 aromatic rings. The van der Waals surface area contributed by atoms with Crippen molar-refractivity contribution in [2.24, 2.45) is 0 Å². The largest absolute Gasteiger partial charge is 0.337 e. The van der Waals surface area contributed by atoms with Crippen molar-refractivity contribution < 1.29 is 4.79 Å². The first-order valence-corrected chi connectivity index (χ1v) is 4.19. The standard InChI is InChI=1S/C9H14N2O/c1-3-4-9(12)11-6-5-10-7-8(11)2/h1,8,10H,4-7H2,2H3/t8-/m1/s1. The van der Waals surface area contributed by atoms with E-state index in [9.17, 15) is 4.79 Å². The number of terminal acetylenes is 1. The van der Waals surface area contributed by atoms with Gasteiger partial charge >= 0.3 is 0 Å². The molecule has 0 radical (unpaired) electrons. The van der Waals surface area contributed by atoms with Crippen molar-refractivity contribution in [2.45, 2.75) is 19.4 Å². The molecular formula is C9H14N2O. The SMILES string of the molecule is C#CCC(=O)N1CCNC[C@H]1C. The van der Waals surface area contributed by atoms with Crippen LogP contribution in [0.3, 0.4) is 0 Å². The number of nitrogens with zero attached hydrogens (tertiary/aromatic N) is 1. The topological polar surface area (TPSA) is 32.3 Å². The molecule has 1 amide bonds. The van der Waals surface area contributed by atoms with Crippen molar-refractivity contribution in [1.29, 1.82) is 0 Å². The maximum absolute atomic E-state index is 11.4. The fraction of sp³-hybridized carbons (Fsp3) is 0.667. The van der Waals surface area contributed by atoms with E-state index in [1.807, 2.05) is 11.8 Å². The number of carbonyl (C=O) groups is 1. The van der Waals surface area contributed by atoms with Gasteiger partial charge < -0.3 is 10.2 Å². The number of carbonyl (C=O) groups excluding carboxylic acids is 1. The normalized spacial score (nSPS) is 23.3. The number of nitrogens with one attached hydrogen (secondary N) is 1. The Labute approximate surface area is 73.1 Å². The third-order valence-electron chi connectivity index (χ3n) is 2.07. The Kier molecular flexibility index (Phi) is 3.12. The first kappa shape index (κ1) is 9.08. The molecule has 0 saturated carbocycles. The first-order chi connectivity index (χ1) is 5.75. The molecule has 0 spiro atoms. The van der Waals surface area contributed by atoms with Crippen molar-refractivity contribution in [1.82, 2.24) is 10.2 Å². The van der Waals surface area contributed by atoms with Crippen LogP contribution in [0.5, 0.6) is 0 Å². The minimum Gasteiger partial charge on any atom is -0.337 e.